The highest BCUT2D eigenvalue weighted by atomic mass is 16.5. The van der Waals surface area contributed by atoms with Crippen LogP contribution in [0.25, 0.3) is 10.9 Å². The van der Waals surface area contributed by atoms with Crippen molar-refractivity contribution in [1.29, 1.82) is 0 Å². The van der Waals surface area contributed by atoms with Crippen molar-refractivity contribution in [3.8, 4) is 0 Å². The number of aromatic nitrogens is 1. The number of hydrogen-bond donors (Lipinski definition) is 0. The first kappa shape index (κ1) is 18.2. The highest BCUT2D eigenvalue weighted by Crippen LogP contribution is 2.28. The summed E-state index contributed by atoms with van der Waals surface area (Å²) in [5, 5.41) is 0.923. The zero-order chi connectivity index (χ0) is 19.7. The first-order valence-corrected chi connectivity index (χ1v) is 9.53. The molecule has 0 saturated heterocycles. The number of carbonyl (C=O) groups excluding carboxylic acids is 2. The van der Waals surface area contributed by atoms with Gasteiger partial charge < -0.3 is 9.64 Å². The number of esters is 1. The molecule has 5 heteroatoms. The van der Waals surface area contributed by atoms with Gasteiger partial charge in [-0.1, -0.05) is 43.3 Å². The van der Waals surface area contributed by atoms with E-state index < -0.39 is 5.97 Å². The van der Waals surface area contributed by atoms with E-state index in [-0.39, 0.29) is 12.5 Å². The summed E-state index contributed by atoms with van der Waals surface area (Å²) in [6, 6.07) is 15.6. The molecule has 1 amide bonds. The SMILES string of the molecule is CCc1nc2ccccc2c(C)c1C(=O)OCC(=O)N1CCc2ccccc21. The summed E-state index contributed by atoms with van der Waals surface area (Å²) >= 11 is 0. The lowest BCUT2D eigenvalue weighted by Crippen LogP contribution is -2.33. The second-order valence-corrected chi connectivity index (χ2v) is 6.93. The Morgan fingerprint density at radius 3 is 2.68 bits per heavy atom. The van der Waals surface area contributed by atoms with Crippen LogP contribution >= 0.6 is 0 Å². The molecule has 5 nitrogen and oxygen atoms in total. The zero-order valence-corrected chi connectivity index (χ0v) is 16.1. The molecule has 0 spiro atoms. The normalized spacial score (nSPS) is 12.9. The van der Waals surface area contributed by atoms with Gasteiger partial charge in [0.25, 0.3) is 5.91 Å². The average molecular weight is 374 g/mol. The van der Waals surface area contributed by atoms with Crippen LogP contribution in [0.15, 0.2) is 48.5 Å². The Morgan fingerprint density at radius 1 is 1.11 bits per heavy atom. The maximum Gasteiger partial charge on any atom is 0.340 e. The summed E-state index contributed by atoms with van der Waals surface area (Å²) in [5.41, 5.74) is 4.91. The van der Waals surface area contributed by atoms with Gasteiger partial charge in [-0.15, -0.1) is 0 Å². The summed E-state index contributed by atoms with van der Waals surface area (Å²) in [4.78, 5) is 31.8. The van der Waals surface area contributed by atoms with Crippen LogP contribution in [0.1, 0.15) is 34.1 Å². The molecular formula is C23H22N2O3. The molecule has 0 aliphatic carbocycles. The van der Waals surface area contributed by atoms with E-state index in [9.17, 15) is 9.59 Å². The molecule has 28 heavy (non-hydrogen) atoms. The van der Waals surface area contributed by atoms with Gasteiger partial charge in [0, 0.05) is 17.6 Å². The van der Waals surface area contributed by atoms with Gasteiger partial charge in [-0.05, 0) is 43.0 Å². The fourth-order valence-electron chi connectivity index (χ4n) is 3.84. The van der Waals surface area contributed by atoms with Gasteiger partial charge in [0.05, 0.1) is 16.8 Å². The van der Waals surface area contributed by atoms with Crippen molar-refractivity contribution in [3.63, 3.8) is 0 Å². The number of ether oxygens (including phenoxy) is 1. The third-order valence-electron chi connectivity index (χ3n) is 5.28. The summed E-state index contributed by atoms with van der Waals surface area (Å²) in [6.45, 7) is 4.20. The van der Waals surface area contributed by atoms with Crippen molar-refractivity contribution in [3.05, 3.63) is 70.9 Å². The zero-order valence-electron chi connectivity index (χ0n) is 16.1. The molecule has 0 radical (unpaired) electrons. The predicted molar refractivity (Wildman–Crippen MR) is 109 cm³/mol. The molecule has 142 valence electrons. The quantitative estimate of drug-likeness (QED) is 0.651. The number of amides is 1. The number of pyridine rings is 1. The van der Waals surface area contributed by atoms with Crippen LogP contribution in [0, 0.1) is 6.92 Å². The highest BCUT2D eigenvalue weighted by Gasteiger charge is 2.26. The molecule has 0 unspecified atom stereocenters. The number of fused-ring (bicyclic) bond motifs is 2. The average Bonchev–Trinajstić information content (AvgIpc) is 3.16. The van der Waals surface area contributed by atoms with Crippen molar-refractivity contribution in [2.24, 2.45) is 0 Å². The minimum absolute atomic E-state index is 0.206. The van der Waals surface area contributed by atoms with Gasteiger partial charge in [-0.3, -0.25) is 9.78 Å². The number of aryl methyl sites for hydroxylation is 2. The maximum absolute atomic E-state index is 12.8. The van der Waals surface area contributed by atoms with Crippen LogP contribution in [0.3, 0.4) is 0 Å². The first-order valence-electron chi connectivity index (χ1n) is 9.53. The fourth-order valence-corrected chi connectivity index (χ4v) is 3.84. The topological polar surface area (TPSA) is 59.5 Å². The maximum atomic E-state index is 12.8. The monoisotopic (exact) mass is 374 g/mol. The minimum atomic E-state index is -0.492. The van der Waals surface area contributed by atoms with Crippen molar-refractivity contribution >= 4 is 28.5 Å². The lowest BCUT2D eigenvalue weighted by molar-refractivity contribution is -0.121. The van der Waals surface area contributed by atoms with Crippen molar-refractivity contribution in [1.82, 2.24) is 4.98 Å². The van der Waals surface area contributed by atoms with Gasteiger partial charge in [-0.25, -0.2) is 4.79 Å². The molecule has 1 aliphatic heterocycles. The largest absolute Gasteiger partial charge is 0.452 e. The Balaban J connectivity index is 1.55. The number of benzene rings is 2. The second-order valence-electron chi connectivity index (χ2n) is 6.93. The van der Waals surface area contributed by atoms with E-state index in [0.717, 1.165) is 34.1 Å². The predicted octanol–water partition coefficient (Wildman–Crippen LogP) is 3.85. The molecule has 0 atom stereocenters. The van der Waals surface area contributed by atoms with Crippen molar-refractivity contribution in [2.75, 3.05) is 18.1 Å². The van der Waals surface area contributed by atoms with E-state index in [0.29, 0.717) is 24.2 Å². The number of rotatable bonds is 4. The summed E-state index contributed by atoms with van der Waals surface area (Å²) in [5.74, 6) is -0.698. The van der Waals surface area contributed by atoms with Crippen LogP contribution in [0.2, 0.25) is 0 Å². The third-order valence-corrected chi connectivity index (χ3v) is 5.28. The molecule has 2 aromatic carbocycles. The number of hydrogen-bond acceptors (Lipinski definition) is 4. The van der Waals surface area contributed by atoms with Crippen LogP contribution in [-0.2, 0) is 22.4 Å². The molecule has 0 N–H and O–H groups in total. The summed E-state index contributed by atoms with van der Waals surface area (Å²) < 4.78 is 5.42. The Kier molecular flexibility index (Phi) is 4.82. The highest BCUT2D eigenvalue weighted by molar-refractivity contribution is 6.01. The fraction of sp³-hybridized carbons (Fsp3) is 0.261. The number of anilines is 1. The Labute approximate surface area is 163 Å². The lowest BCUT2D eigenvalue weighted by atomic mass is 10.0. The second kappa shape index (κ2) is 7.43. The number of nitrogens with zero attached hydrogens (tertiary/aromatic N) is 2. The van der Waals surface area contributed by atoms with Crippen molar-refractivity contribution < 1.29 is 14.3 Å². The van der Waals surface area contributed by atoms with Crippen LogP contribution in [0.5, 0.6) is 0 Å². The Bertz CT molecular complexity index is 1070. The van der Waals surface area contributed by atoms with E-state index in [1.165, 1.54) is 0 Å². The van der Waals surface area contributed by atoms with E-state index in [4.69, 9.17) is 4.74 Å². The molecule has 1 aromatic heterocycles. The number of para-hydroxylation sites is 2. The van der Waals surface area contributed by atoms with E-state index >= 15 is 0 Å². The molecule has 3 aromatic rings. The molecule has 4 rings (SSSR count). The molecule has 0 bridgehead atoms. The third kappa shape index (κ3) is 3.13. The Morgan fingerprint density at radius 2 is 1.86 bits per heavy atom. The summed E-state index contributed by atoms with van der Waals surface area (Å²) in [6.07, 6.45) is 1.44. The van der Waals surface area contributed by atoms with Gasteiger partial charge in [0.2, 0.25) is 0 Å². The molecule has 1 aliphatic rings. The number of carbonyl (C=O) groups is 2. The smallest absolute Gasteiger partial charge is 0.340 e. The van der Waals surface area contributed by atoms with Gasteiger partial charge in [0.15, 0.2) is 6.61 Å². The Hall–Kier alpha value is -3.21. The van der Waals surface area contributed by atoms with Gasteiger partial charge >= 0.3 is 5.97 Å². The lowest BCUT2D eigenvalue weighted by Gasteiger charge is -2.18. The molecule has 0 saturated carbocycles. The minimum Gasteiger partial charge on any atom is -0.452 e. The molecular weight excluding hydrogens is 352 g/mol. The van der Waals surface area contributed by atoms with Gasteiger partial charge in [-0.2, -0.15) is 0 Å². The van der Waals surface area contributed by atoms with Crippen LogP contribution in [0.4, 0.5) is 5.69 Å². The van der Waals surface area contributed by atoms with Crippen LogP contribution in [-0.4, -0.2) is 30.0 Å². The van der Waals surface area contributed by atoms with E-state index in [2.05, 4.69) is 4.98 Å². The molecule has 2 heterocycles. The van der Waals surface area contributed by atoms with Gasteiger partial charge in [0.1, 0.15) is 0 Å². The van der Waals surface area contributed by atoms with E-state index in [1.54, 1.807) is 4.90 Å². The first-order chi connectivity index (χ1) is 13.6. The van der Waals surface area contributed by atoms with Crippen LogP contribution < -0.4 is 4.90 Å². The summed E-state index contributed by atoms with van der Waals surface area (Å²) in [7, 11) is 0. The standard InChI is InChI=1S/C23H22N2O3/c1-3-18-22(15(2)17-9-5-6-10-19(17)24-18)23(27)28-14-21(26)25-13-12-16-8-4-7-11-20(16)25/h4-11H,3,12-14H2,1-2H3. The van der Waals surface area contributed by atoms with Crippen molar-refractivity contribution in [2.45, 2.75) is 26.7 Å². The molecule has 0 fully saturated rings. The van der Waals surface area contributed by atoms with E-state index in [1.807, 2.05) is 62.4 Å².